The Balaban J connectivity index is 1.75. The van der Waals surface area contributed by atoms with Crippen LogP contribution in [-0.4, -0.2) is 17.6 Å². The van der Waals surface area contributed by atoms with Crippen LogP contribution in [0, 0.1) is 0 Å². The number of carbonyl (C=O) groups is 1. The molecule has 0 heterocycles. The van der Waals surface area contributed by atoms with Gasteiger partial charge in [0, 0.05) is 13.1 Å². The summed E-state index contributed by atoms with van der Waals surface area (Å²) in [6.45, 7) is 1.10. The maximum atomic E-state index is 11.8. The molecule has 1 amide bonds. The number of hydrogen-bond acceptors (Lipinski definition) is 3. The van der Waals surface area contributed by atoms with Gasteiger partial charge in [-0.05, 0) is 35.2 Å². The normalized spacial score (nSPS) is 10.3. The molecule has 0 fully saturated rings. The first kappa shape index (κ1) is 15.1. The Morgan fingerprint density at radius 1 is 0.952 bits per heavy atom. The van der Waals surface area contributed by atoms with Gasteiger partial charge in [-0.1, -0.05) is 36.4 Å². The van der Waals surface area contributed by atoms with E-state index in [1.165, 1.54) is 0 Å². The smallest absolute Gasteiger partial charge is 0.224 e. The largest absolute Gasteiger partial charge is 0.508 e. The topological polar surface area (TPSA) is 75.4 Å². The van der Waals surface area contributed by atoms with Crippen LogP contribution in [0.2, 0.25) is 0 Å². The molecule has 21 heavy (non-hydrogen) atoms. The average molecular weight is 284 g/mol. The number of phenolic OH excluding ortho intramolecular Hbond substituents is 1. The Kier molecular flexibility index (Phi) is 5.35. The van der Waals surface area contributed by atoms with Crippen molar-refractivity contribution in [1.82, 2.24) is 5.32 Å². The van der Waals surface area contributed by atoms with Gasteiger partial charge in [-0.25, -0.2) is 0 Å². The first-order chi connectivity index (χ1) is 10.2. The van der Waals surface area contributed by atoms with Crippen LogP contribution in [0.1, 0.15) is 16.7 Å². The van der Waals surface area contributed by atoms with Crippen molar-refractivity contribution in [3.63, 3.8) is 0 Å². The van der Waals surface area contributed by atoms with Crippen molar-refractivity contribution in [2.24, 2.45) is 5.73 Å². The zero-order valence-electron chi connectivity index (χ0n) is 11.9. The van der Waals surface area contributed by atoms with Gasteiger partial charge in [0.25, 0.3) is 0 Å². The fraction of sp³-hybridized carbons (Fsp3) is 0.235. The van der Waals surface area contributed by atoms with Crippen LogP contribution in [-0.2, 0) is 24.2 Å². The third-order valence-electron chi connectivity index (χ3n) is 3.30. The average Bonchev–Trinajstić information content (AvgIpc) is 2.50. The molecule has 110 valence electrons. The lowest BCUT2D eigenvalue weighted by atomic mass is 10.1. The zero-order chi connectivity index (χ0) is 15.1. The summed E-state index contributed by atoms with van der Waals surface area (Å²) < 4.78 is 0. The first-order valence-electron chi connectivity index (χ1n) is 7.00. The van der Waals surface area contributed by atoms with Crippen LogP contribution in [0.4, 0.5) is 0 Å². The molecule has 4 heteroatoms. The maximum absolute atomic E-state index is 11.8. The van der Waals surface area contributed by atoms with Crippen molar-refractivity contribution in [3.05, 3.63) is 65.2 Å². The number of nitrogens with two attached hydrogens (primary N) is 1. The number of benzene rings is 2. The minimum Gasteiger partial charge on any atom is -0.508 e. The van der Waals surface area contributed by atoms with Crippen molar-refractivity contribution in [1.29, 1.82) is 0 Å². The van der Waals surface area contributed by atoms with Crippen molar-refractivity contribution >= 4 is 5.91 Å². The molecule has 2 rings (SSSR count). The molecule has 2 aromatic rings. The molecule has 0 unspecified atom stereocenters. The lowest BCUT2D eigenvalue weighted by molar-refractivity contribution is -0.120. The standard InChI is InChI=1S/C17H20N2O2/c18-12-15-3-1-14(2-4-15)11-17(21)19-10-9-13-5-7-16(20)8-6-13/h1-8,20H,9-12,18H2,(H,19,21). The number of rotatable bonds is 6. The molecule has 0 aromatic heterocycles. The first-order valence-corrected chi connectivity index (χ1v) is 7.00. The monoisotopic (exact) mass is 284 g/mol. The van der Waals surface area contributed by atoms with E-state index in [2.05, 4.69) is 5.32 Å². The molecule has 0 aliphatic heterocycles. The number of amides is 1. The minimum atomic E-state index is 0.00859. The highest BCUT2D eigenvalue weighted by atomic mass is 16.3. The predicted molar refractivity (Wildman–Crippen MR) is 82.9 cm³/mol. The molecule has 0 radical (unpaired) electrons. The third-order valence-corrected chi connectivity index (χ3v) is 3.30. The summed E-state index contributed by atoms with van der Waals surface area (Å²) in [6.07, 6.45) is 1.12. The Morgan fingerprint density at radius 2 is 1.52 bits per heavy atom. The lowest BCUT2D eigenvalue weighted by Gasteiger charge is -2.06. The summed E-state index contributed by atoms with van der Waals surface area (Å²) >= 11 is 0. The van der Waals surface area contributed by atoms with Gasteiger partial charge in [-0.15, -0.1) is 0 Å². The summed E-state index contributed by atoms with van der Waals surface area (Å²) in [5.74, 6) is 0.262. The molecule has 0 saturated heterocycles. The van der Waals surface area contributed by atoms with Crippen LogP contribution < -0.4 is 11.1 Å². The van der Waals surface area contributed by atoms with Crippen molar-refractivity contribution in [2.75, 3.05) is 6.54 Å². The third kappa shape index (κ3) is 4.93. The van der Waals surface area contributed by atoms with Crippen molar-refractivity contribution < 1.29 is 9.90 Å². The lowest BCUT2D eigenvalue weighted by Crippen LogP contribution is -2.27. The fourth-order valence-electron chi connectivity index (χ4n) is 2.05. The molecule has 0 aliphatic rings. The van der Waals surface area contributed by atoms with E-state index in [1.54, 1.807) is 12.1 Å². The predicted octanol–water partition coefficient (Wildman–Crippen LogP) is 1.75. The van der Waals surface area contributed by atoms with E-state index in [-0.39, 0.29) is 11.7 Å². The van der Waals surface area contributed by atoms with Crippen LogP contribution >= 0.6 is 0 Å². The van der Waals surface area contributed by atoms with Gasteiger partial charge in [-0.3, -0.25) is 4.79 Å². The number of aromatic hydroxyl groups is 1. The highest BCUT2D eigenvalue weighted by Crippen LogP contribution is 2.09. The van der Waals surface area contributed by atoms with E-state index in [1.807, 2.05) is 36.4 Å². The van der Waals surface area contributed by atoms with Crippen LogP contribution in [0.25, 0.3) is 0 Å². The fourth-order valence-corrected chi connectivity index (χ4v) is 2.05. The Labute approximate surface area is 124 Å². The molecule has 4 nitrogen and oxygen atoms in total. The zero-order valence-corrected chi connectivity index (χ0v) is 11.9. The highest BCUT2D eigenvalue weighted by molar-refractivity contribution is 5.78. The van der Waals surface area contributed by atoms with E-state index >= 15 is 0 Å². The molecule has 0 aliphatic carbocycles. The van der Waals surface area contributed by atoms with Crippen molar-refractivity contribution in [2.45, 2.75) is 19.4 Å². The molecular weight excluding hydrogens is 264 g/mol. The van der Waals surface area contributed by atoms with Crippen molar-refractivity contribution in [3.8, 4) is 5.75 Å². The molecule has 0 bridgehead atoms. The number of hydrogen-bond donors (Lipinski definition) is 3. The second-order valence-electron chi connectivity index (χ2n) is 4.96. The Morgan fingerprint density at radius 3 is 2.14 bits per heavy atom. The molecule has 0 spiro atoms. The quantitative estimate of drug-likeness (QED) is 0.756. The summed E-state index contributed by atoms with van der Waals surface area (Å²) in [7, 11) is 0. The number of carbonyl (C=O) groups excluding carboxylic acids is 1. The van der Waals surface area contributed by atoms with E-state index in [0.29, 0.717) is 19.5 Å². The molecule has 2 aromatic carbocycles. The van der Waals surface area contributed by atoms with Crippen LogP contribution in [0.5, 0.6) is 5.75 Å². The minimum absolute atomic E-state index is 0.00859. The second kappa shape index (κ2) is 7.45. The Hall–Kier alpha value is -2.33. The van der Waals surface area contributed by atoms with Gasteiger partial charge in [-0.2, -0.15) is 0 Å². The molecular formula is C17H20N2O2. The molecule has 0 atom stereocenters. The van der Waals surface area contributed by atoms with E-state index in [0.717, 1.165) is 23.1 Å². The Bertz CT molecular complexity index is 577. The van der Waals surface area contributed by atoms with Gasteiger partial charge in [0.1, 0.15) is 5.75 Å². The molecule has 4 N–H and O–H groups in total. The maximum Gasteiger partial charge on any atom is 0.224 e. The highest BCUT2D eigenvalue weighted by Gasteiger charge is 2.03. The SMILES string of the molecule is NCc1ccc(CC(=O)NCCc2ccc(O)cc2)cc1. The second-order valence-corrected chi connectivity index (χ2v) is 4.96. The number of phenols is 1. The summed E-state index contributed by atoms with van der Waals surface area (Å²) in [5.41, 5.74) is 8.66. The van der Waals surface area contributed by atoms with E-state index < -0.39 is 0 Å². The van der Waals surface area contributed by atoms with E-state index in [4.69, 9.17) is 5.73 Å². The van der Waals surface area contributed by atoms with Gasteiger partial charge in [0.2, 0.25) is 5.91 Å². The van der Waals surface area contributed by atoms with Gasteiger partial charge in [0.15, 0.2) is 0 Å². The van der Waals surface area contributed by atoms with E-state index in [9.17, 15) is 9.90 Å². The van der Waals surface area contributed by atoms with Crippen LogP contribution in [0.3, 0.4) is 0 Å². The van der Waals surface area contributed by atoms with Gasteiger partial charge >= 0.3 is 0 Å². The summed E-state index contributed by atoms with van der Waals surface area (Å²) in [4.78, 5) is 11.8. The molecule has 0 saturated carbocycles. The summed E-state index contributed by atoms with van der Waals surface area (Å²) in [6, 6.07) is 14.8. The van der Waals surface area contributed by atoms with Gasteiger partial charge in [0.05, 0.1) is 6.42 Å². The van der Waals surface area contributed by atoms with Crippen LogP contribution in [0.15, 0.2) is 48.5 Å². The number of nitrogens with one attached hydrogen (secondary N) is 1. The van der Waals surface area contributed by atoms with Gasteiger partial charge < -0.3 is 16.2 Å². The summed E-state index contributed by atoms with van der Waals surface area (Å²) in [5, 5.41) is 12.1.